The van der Waals surface area contributed by atoms with Gasteiger partial charge in [0.05, 0.1) is 0 Å². The first-order chi connectivity index (χ1) is 25.8. The van der Waals surface area contributed by atoms with Crippen molar-refractivity contribution in [3.05, 3.63) is 200 Å². The number of rotatable bonds is 6. The standard InChI is InChI=1S/C50H33NO/c1-3-10-34(11-4-1)36-24-29-42(30-25-36)51(41-13-5-2-6-14-41)43-31-26-37(27-32-43)35-18-20-39(21-19-35)45-16-9-17-46-47-33-28-40-23-22-38-12-7-8-15-44(38)48(40)50(47)52-49(45)46/h1-33H. The molecule has 1 heterocycles. The molecule has 0 saturated carbocycles. The van der Waals surface area contributed by atoms with Crippen LogP contribution in [0, 0.1) is 0 Å². The van der Waals surface area contributed by atoms with Gasteiger partial charge in [0.15, 0.2) is 0 Å². The lowest BCUT2D eigenvalue weighted by atomic mass is 9.97. The van der Waals surface area contributed by atoms with Gasteiger partial charge in [0.1, 0.15) is 11.2 Å². The minimum Gasteiger partial charge on any atom is -0.455 e. The summed E-state index contributed by atoms with van der Waals surface area (Å²) in [5.41, 5.74) is 12.2. The minimum atomic E-state index is 0.924. The molecule has 0 saturated heterocycles. The average molecular weight is 664 g/mol. The van der Waals surface area contributed by atoms with Crippen molar-refractivity contribution < 1.29 is 4.42 Å². The maximum absolute atomic E-state index is 6.81. The molecule has 0 aliphatic heterocycles. The number of hydrogen-bond acceptors (Lipinski definition) is 2. The van der Waals surface area contributed by atoms with E-state index in [0.717, 1.165) is 50.1 Å². The fraction of sp³-hybridized carbons (Fsp3) is 0. The van der Waals surface area contributed by atoms with Gasteiger partial charge in [-0.3, -0.25) is 0 Å². The topological polar surface area (TPSA) is 16.4 Å². The fourth-order valence-corrected chi connectivity index (χ4v) is 7.67. The monoisotopic (exact) mass is 663 g/mol. The Labute approximate surface area is 302 Å². The van der Waals surface area contributed by atoms with Crippen LogP contribution in [0.1, 0.15) is 0 Å². The second-order valence-electron chi connectivity index (χ2n) is 13.3. The van der Waals surface area contributed by atoms with E-state index in [9.17, 15) is 0 Å². The van der Waals surface area contributed by atoms with Gasteiger partial charge in [-0.05, 0) is 86.4 Å². The first-order valence-electron chi connectivity index (χ1n) is 17.8. The molecule has 0 aliphatic carbocycles. The molecule has 0 radical (unpaired) electrons. The van der Waals surface area contributed by atoms with E-state index in [1.807, 2.05) is 0 Å². The van der Waals surface area contributed by atoms with E-state index in [1.54, 1.807) is 0 Å². The largest absolute Gasteiger partial charge is 0.455 e. The summed E-state index contributed by atoms with van der Waals surface area (Å²) in [5, 5.41) is 7.09. The summed E-state index contributed by atoms with van der Waals surface area (Å²) in [5.74, 6) is 0. The van der Waals surface area contributed by atoms with E-state index >= 15 is 0 Å². The molecule has 0 bridgehead atoms. The summed E-state index contributed by atoms with van der Waals surface area (Å²) >= 11 is 0. The third-order valence-electron chi connectivity index (χ3n) is 10.3. The molecule has 244 valence electrons. The number of nitrogens with zero attached hydrogens (tertiary/aromatic N) is 1. The zero-order chi connectivity index (χ0) is 34.4. The van der Waals surface area contributed by atoms with Crippen molar-refractivity contribution in [2.45, 2.75) is 0 Å². The highest BCUT2D eigenvalue weighted by Gasteiger charge is 2.17. The second kappa shape index (κ2) is 12.5. The van der Waals surface area contributed by atoms with Gasteiger partial charge in [0.25, 0.3) is 0 Å². The van der Waals surface area contributed by atoms with Crippen LogP contribution in [0.2, 0.25) is 0 Å². The van der Waals surface area contributed by atoms with Crippen LogP contribution in [0.5, 0.6) is 0 Å². The van der Waals surface area contributed by atoms with Crippen molar-refractivity contribution in [3.63, 3.8) is 0 Å². The molecule has 0 atom stereocenters. The van der Waals surface area contributed by atoms with Gasteiger partial charge in [-0.2, -0.15) is 0 Å². The molecule has 0 fully saturated rings. The Hall–Kier alpha value is -6.90. The molecule has 2 heteroatoms. The molecule has 1 aromatic heterocycles. The Morgan fingerprint density at radius 3 is 1.46 bits per heavy atom. The summed E-state index contributed by atoms with van der Waals surface area (Å²) in [7, 11) is 0. The van der Waals surface area contributed by atoms with Crippen molar-refractivity contribution >= 4 is 60.5 Å². The number of fused-ring (bicyclic) bond motifs is 7. The lowest BCUT2D eigenvalue weighted by Gasteiger charge is -2.26. The van der Waals surface area contributed by atoms with E-state index in [0.29, 0.717) is 0 Å². The molecule has 0 aliphatic rings. The summed E-state index contributed by atoms with van der Waals surface area (Å²) < 4.78 is 6.81. The molecule has 10 aromatic rings. The summed E-state index contributed by atoms with van der Waals surface area (Å²) in [6.07, 6.45) is 0. The van der Waals surface area contributed by atoms with Crippen LogP contribution >= 0.6 is 0 Å². The Bertz CT molecular complexity index is 2850. The summed E-state index contributed by atoms with van der Waals surface area (Å²) in [6, 6.07) is 71.4. The predicted octanol–water partition coefficient (Wildman–Crippen LogP) is 14.4. The fourth-order valence-electron chi connectivity index (χ4n) is 7.67. The predicted molar refractivity (Wildman–Crippen MR) is 220 cm³/mol. The van der Waals surface area contributed by atoms with Crippen LogP contribution in [-0.4, -0.2) is 0 Å². The van der Waals surface area contributed by atoms with Gasteiger partial charge in [-0.25, -0.2) is 0 Å². The molecular formula is C50H33NO. The molecule has 0 spiro atoms. The SMILES string of the molecule is c1ccc(-c2ccc(N(c3ccccc3)c3ccc(-c4ccc(-c5cccc6c5oc5c6ccc6ccc7ccccc7c65)cc4)cc3)cc2)cc1. The van der Waals surface area contributed by atoms with E-state index in [4.69, 9.17) is 4.42 Å². The van der Waals surface area contributed by atoms with E-state index in [-0.39, 0.29) is 0 Å². The highest BCUT2D eigenvalue weighted by atomic mass is 16.3. The lowest BCUT2D eigenvalue weighted by Crippen LogP contribution is -2.09. The quantitative estimate of drug-likeness (QED) is 0.165. The van der Waals surface area contributed by atoms with Gasteiger partial charge in [-0.15, -0.1) is 0 Å². The highest BCUT2D eigenvalue weighted by Crippen LogP contribution is 2.42. The highest BCUT2D eigenvalue weighted by molar-refractivity contribution is 6.23. The number of benzene rings is 9. The van der Waals surface area contributed by atoms with Crippen LogP contribution in [0.15, 0.2) is 205 Å². The second-order valence-corrected chi connectivity index (χ2v) is 13.3. The molecule has 9 aromatic carbocycles. The average Bonchev–Trinajstić information content (AvgIpc) is 3.61. The molecule has 52 heavy (non-hydrogen) atoms. The number of furan rings is 1. The summed E-state index contributed by atoms with van der Waals surface area (Å²) in [6.45, 7) is 0. The lowest BCUT2D eigenvalue weighted by molar-refractivity contribution is 0.674. The molecule has 0 amide bonds. The van der Waals surface area contributed by atoms with Crippen molar-refractivity contribution in [3.8, 4) is 33.4 Å². The number of anilines is 3. The van der Waals surface area contributed by atoms with Crippen LogP contribution < -0.4 is 4.90 Å². The van der Waals surface area contributed by atoms with Gasteiger partial charge in [0, 0.05) is 38.8 Å². The van der Waals surface area contributed by atoms with Crippen LogP contribution in [0.4, 0.5) is 17.1 Å². The zero-order valence-electron chi connectivity index (χ0n) is 28.4. The number of hydrogen-bond donors (Lipinski definition) is 0. The van der Waals surface area contributed by atoms with Crippen LogP contribution in [0.3, 0.4) is 0 Å². The first-order valence-corrected chi connectivity index (χ1v) is 17.8. The maximum Gasteiger partial charge on any atom is 0.143 e. The summed E-state index contributed by atoms with van der Waals surface area (Å²) in [4.78, 5) is 2.31. The Morgan fingerprint density at radius 2 is 0.769 bits per heavy atom. The molecule has 0 unspecified atom stereocenters. The van der Waals surface area contributed by atoms with E-state index in [2.05, 4.69) is 205 Å². The van der Waals surface area contributed by atoms with Crippen LogP contribution in [-0.2, 0) is 0 Å². The van der Waals surface area contributed by atoms with Gasteiger partial charge in [-0.1, -0.05) is 158 Å². The molecule has 10 rings (SSSR count). The third-order valence-corrected chi connectivity index (χ3v) is 10.3. The number of para-hydroxylation sites is 2. The molecular weight excluding hydrogens is 631 g/mol. The third kappa shape index (κ3) is 5.12. The normalized spacial score (nSPS) is 11.5. The van der Waals surface area contributed by atoms with Crippen molar-refractivity contribution in [2.24, 2.45) is 0 Å². The van der Waals surface area contributed by atoms with Crippen molar-refractivity contribution in [2.75, 3.05) is 4.90 Å². The van der Waals surface area contributed by atoms with Crippen molar-refractivity contribution in [1.82, 2.24) is 0 Å². The smallest absolute Gasteiger partial charge is 0.143 e. The van der Waals surface area contributed by atoms with E-state index in [1.165, 1.54) is 43.8 Å². The molecule has 2 nitrogen and oxygen atoms in total. The van der Waals surface area contributed by atoms with Gasteiger partial charge in [0.2, 0.25) is 0 Å². The molecule has 0 N–H and O–H groups in total. The van der Waals surface area contributed by atoms with Gasteiger partial charge < -0.3 is 9.32 Å². The van der Waals surface area contributed by atoms with Gasteiger partial charge >= 0.3 is 0 Å². The first kappa shape index (κ1) is 30.0. The Kier molecular flexibility index (Phi) is 7.18. The Morgan fingerprint density at radius 1 is 0.288 bits per heavy atom. The van der Waals surface area contributed by atoms with Crippen LogP contribution in [0.25, 0.3) is 76.9 Å². The Balaban J connectivity index is 0.984. The van der Waals surface area contributed by atoms with E-state index < -0.39 is 0 Å². The van der Waals surface area contributed by atoms with Crippen molar-refractivity contribution in [1.29, 1.82) is 0 Å². The zero-order valence-corrected chi connectivity index (χ0v) is 28.4. The maximum atomic E-state index is 6.81. The minimum absolute atomic E-state index is 0.924.